The lowest BCUT2D eigenvalue weighted by Gasteiger charge is -2.15. The van der Waals surface area contributed by atoms with Crippen LogP contribution in [0.15, 0.2) is 18.2 Å². The largest absolute Gasteiger partial charge is 0.399 e. The molecule has 0 atom stereocenters. The third-order valence-corrected chi connectivity index (χ3v) is 3.41. The molecule has 5 heteroatoms. The Balaban J connectivity index is 2.12. The van der Waals surface area contributed by atoms with Crippen LogP contribution < -0.4 is 5.73 Å². The summed E-state index contributed by atoms with van der Waals surface area (Å²) in [6.45, 7) is 0.971. The number of aromatic nitrogens is 3. The number of nitrogens with zero attached hydrogens (tertiary/aromatic N) is 3. The van der Waals surface area contributed by atoms with E-state index in [1.165, 1.54) is 12.8 Å². The van der Waals surface area contributed by atoms with Gasteiger partial charge in [0.1, 0.15) is 5.82 Å². The molecule has 4 nitrogen and oxygen atoms in total. The van der Waals surface area contributed by atoms with Crippen LogP contribution in [0.1, 0.15) is 18.7 Å². The highest BCUT2D eigenvalue weighted by Gasteiger charge is 2.18. The zero-order valence-electron chi connectivity index (χ0n) is 9.36. The van der Waals surface area contributed by atoms with Gasteiger partial charge in [0, 0.05) is 24.2 Å². The average Bonchev–Trinajstić information content (AvgIpc) is 2.73. The van der Waals surface area contributed by atoms with Gasteiger partial charge in [-0.1, -0.05) is 11.6 Å². The Labute approximate surface area is 104 Å². The van der Waals surface area contributed by atoms with E-state index < -0.39 is 0 Å². The summed E-state index contributed by atoms with van der Waals surface area (Å²) in [4.78, 5) is 0. The Hall–Kier alpha value is -1.55. The van der Waals surface area contributed by atoms with E-state index in [-0.39, 0.29) is 0 Å². The third-order valence-electron chi connectivity index (χ3n) is 3.09. The van der Waals surface area contributed by atoms with Gasteiger partial charge < -0.3 is 10.3 Å². The van der Waals surface area contributed by atoms with Crippen LogP contribution in [0.3, 0.4) is 0 Å². The molecule has 17 heavy (non-hydrogen) atoms. The number of hydrogen-bond acceptors (Lipinski definition) is 3. The first-order valence-electron chi connectivity index (χ1n) is 5.73. The van der Waals surface area contributed by atoms with Gasteiger partial charge in [0.25, 0.3) is 0 Å². The molecule has 0 saturated heterocycles. The molecule has 1 aliphatic rings. The highest BCUT2D eigenvalue weighted by Crippen LogP contribution is 2.30. The second-order valence-corrected chi connectivity index (χ2v) is 4.70. The number of benzene rings is 1. The molecule has 0 bridgehead atoms. The van der Waals surface area contributed by atoms with Crippen LogP contribution in [0.4, 0.5) is 5.69 Å². The fraction of sp³-hybridized carbons (Fsp3) is 0.333. The van der Waals surface area contributed by atoms with E-state index in [1.54, 1.807) is 6.07 Å². The van der Waals surface area contributed by atoms with Crippen molar-refractivity contribution in [3.05, 3.63) is 29.0 Å². The molecule has 0 spiro atoms. The van der Waals surface area contributed by atoms with Crippen LogP contribution in [-0.4, -0.2) is 14.8 Å². The van der Waals surface area contributed by atoms with Crippen molar-refractivity contribution in [2.75, 3.05) is 5.73 Å². The Morgan fingerprint density at radius 2 is 2.12 bits per heavy atom. The minimum absolute atomic E-state index is 0.630. The van der Waals surface area contributed by atoms with E-state index in [2.05, 4.69) is 14.8 Å². The Kier molecular flexibility index (Phi) is 2.52. The van der Waals surface area contributed by atoms with Gasteiger partial charge >= 0.3 is 0 Å². The van der Waals surface area contributed by atoms with E-state index in [9.17, 15) is 0 Å². The maximum Gasteiger partial charge on any atom is 0.165 e. The van der Waals surface area contributed by atoms with Gasteiger partial charge in [-0.3, -0.25) is 0 Å². The van der Waals surface area contributed by atoms with Crippen molar-refractivity contribution in [3.63, 3.8) is 0 Å². The van der Waals surface area contributed by atoms with E-state index in [1.807, 2.05) is 12.1 Å². The summed E-state index contributed by atoms with van der Waals surface area (Å²) >= 11 is 6.20. The highest BCUT2D eigenvalue weighted by atomic mass is 35.5. The second kappa shape index (κ2) is 4.04. The van der Waals surface area contributed by atoms with Gasteiger partial charge in [-0.25, -0.2) is 0 Å². The first-order valence-corrected chi connectivity index (χ1v) is 6.11. The predicted octanol–water partition coefficient (Wildman–Crippen LogP) is 2.52. The Morgan fingerprint density at radius 3 is 2.94 bits per heavy atom. The normalized spacial score (nSPS) is 14.6. The van der Waals surface area contributed by atoms with Crippen molar-refractivity contribution in [2.45, 2.75) is 25.8 Å². The van der Waals surface area contributed by atoms with Crippen LogP contribution in [0, 0.1) is 0 Å². The number of fused-ring (bicyclic) bond motifs is 1. The zero-order chi connectivity index (χ0) is 11.8. The van der Waals surface area contributed by atoms with E-state index in [0.29, 0.717) is 10.7 Å². The number of rotatable bonds is 1. The molecule has 0 unspecified atom stereocenters. The fourth-order valence-corrected chi connectivity index (χ4v) is 2.49. The van der Waals surface area contributed by atoms with E-state index in [4.69, 9.17) is 17.3 Å². The lowest BCUT2D eigenvalue weighted by Crippen LogP contribution is -2.11. The molecule has 88 valence electrons. The van der Waals surface area contributed by atoms with E-state index in [0.717, 1.165) is 30.2 Å². The van der Waals surface area contributed by atoms with Crippen LogP contribution in [-0.2, 0) is 13.0 Å². The molecule has 1 aromatic carbocycles. The standard InChI is InChI=1S/C12H13ClN4/c13-10-7-8(14)4-5-9(10)12-16-15-11-3-1-2-6-17(11)12/h4-5,7H,1-3,6,14H2. The first kappa shape index (κ1) is 10.6. The smallest absolute Gasteiger partial charge is 0.165 e. The molecule has 2 N–H and O–H groups in total. The molecule has 2 heterocycles. The van der Waals surface area contributed by atoms with Crippen molar-refractivity contribution in [1.29, 1.82) is 0 Å². The Bertz CT molecular complexity index is 562. The fourth-order valence-electron chi connectivity index (χ4n) is 2.22. The molecule has 1 aliphatic heterocycles. The molecule has 0 aliphatic carbocycles. The number of hydrogen-bond donors (Lipinski definition) is 1. The highest BCUT2D eigenvalue weighted by molar-refractivity contribution is 6.33. The molecule has 0 amide bonds. The minimum atomic E-state index is 0.630. The number of aryl methyl sites for hydroxylation is 1. The molecule has 3 rings (SSSR count). The topological polar surface area (TPSA) is 56.7 Å². The van der Waals surface area contributed by atoms with Gasteiger partial charge in [-0.05, 0) is 31.0 Å². The maximum atomic E-state index is 6.20. The molecule has 1 aromatic heterocycles. The second-order valence-electron chi connectivity index (χ2n) is 4.29. The molecule has 0 radical (unpaired) electrons. The lowest BCUT2D eigenvalue weighted by atomic mass is 10.1. The average molecular weight is 249 g/mol. The summed E-state index contributed by atoms with van der Waals surface area (Å²) in [6, 6.07) is 5.50. The van der Waals surface area contributed by atoms with Gasteiger partial charge in [0.15, 0.2) is 5.82 Å². The summed E-state index contributed by atoms with van der Waals surface area (Å²) in [5, 5.41) is 9.10. The third kappa shape index (κ3) is 1.78. The quantitative estimate of drug-likeness (QED) is 0.789. The van der Waals surface area contributed by atoms with E-state index >= 15 is 0 Å². The van der Waals surface area contributed by atoms with Crippen LogP contribution >= 0.6 is 11.6 Å². The first-order chi connectivity index (χ1) is 8.25. The predicted molar refractivity (Wildman–Crippen MR) is 67.8 cm³/mol. The van der Waals surface area contributed by atoms with Crippen LogP contribution in [0.5, 0.6) is 0 Å². The number of nitrogen functional groups attached to an aromatic ring is 1. The van der Waals surface area contributed by atoms with Crippen LogP contribution in [0.2, 0.25) is 5.02 Å². The Morgan fingerprint density at radius 1 is 1.24 bits per heavy atom. The molecular weight excluding hydrogens is 236 g/mol. The van der Waals surface area contributed by atoms with Crippen LogP contribution in [0.25, 0.3) is 11.4 Å². The minimum Gasteiger partial charge on any atom is -0.399 e. The van der Waals surface area contributed by atoms with Crippen molar-refractivity contribution in [2.24, 2.45) is 0 Å². The molecule has 0 fully saturated rings. The SMILES string of the molecule is Nc1ccc(-c2nnc3n2CCCC3)c(Cl)c1. The van der Waals surface area contributed by atoms with Gasteiger partial charge in [0.05, 0.1) is 5.02 Å². The van der Waals surface area contributed by atoms with Crippen molar-refractivity contribution < 1.29 is 0 Å². The summed E-state index contributed by atoms with van der Waals surface area (Å²) in [7, 11) is 0. The summed E-state index contributed by atoms with van der Waals surface area (Å²) in [5.74, 6) is 1.91. The van der Waals surface area contributed by atoms with Gasteiger partial charge in [-0.2, -0.15) is 0 Å². The summed E-state index contributed by atoms with van der Waals surface area (Å²) in [5.41, 5.74) is 7.26. The van der Waals surface area contributed by atoms with Crippen molar-refractivity contribution >= 4 is 17.3 Å². The van der Waals surface area contributed by atoms with Gasteiger partial charge in [-0.15, -0.1) is 10.2 Å². The molecule has 2 aromatic rings. The monoisotopic (exact) mass is 248 g/mol. The summed E-state index contributed by atoms with van der Waals surface area (Å²) < 4.78 is 2.15. The maximum absolute atomic E-state index is 6.20. The number of anilines is 1. The number of halogens is 1. The molecule has 0 saturated carbocycles. The molecular formula is C12H13ClN4. The summed E-state index contributed by atoms with van der Waals surface area (Å²) in [6.07, 6.45) is 3.36. The lowest BCUT2D eigenvalue weighted by molar-refractivity contribution is 0.526. The zero-order valence-corrected chi connectivity index (χ0v) is 10.1. The van der Waals surface area contributed by atoms with Gasteiger partial charge in [0.2, 0.25) is 0 Å². The van der Waals surface area contributed by atoms with Crippen molar-refractivity contribution in [1.82, 2.24) is 14.8 Å². The van der Waals surface area contributed by atoms with Crippen molar-refractivity contribution in [3.8, 4) is 11.4 Å². The number of nitrogens with two attached hydrogens (primary N) is 1.